The Balaban J connectivity index is 1.73. The highest BCUT2D eigenvalue weighted by molar-refractivity contribution is 14.1. The number of hydrogen-bond donors (Lipinski definition) is 0. The van der Waals surface area contributed by atoms with Crippen LogP contribution in [0.25, 0.3) is 10.8 Å². The van der Waals surface area contributed by atoms with Crippen LogP contribution in [0, 0.1) is 3.57 Å². The van der Waals surface area contributed by atoms with Crippen LogP contribution in [0.2, 0.25) is 0 Å². The molecular formula is C34H25INOP. The van der Waals surface area contributed by atoms with Gasteiger partial charge in [-0.25, -0.2) is 0 Å². The first kappa shape index (κ1) is 24.7. The fourth-order valence-electron chi connectivity index (χ4n) is 4.95. The highest BCUT2D eigenvalue weighted by Crippen LogP contribution is 2.48. The Morgan fingerprint density at radius 2 is 0.947 bits per heavy atom. The van der Waals surface area contributed by atoms with Gasteiger partial charge in [0.15, 0.2) is 7.14 Å². The van der Waals surface area contributed by atoms with Gasteiger partial charge in [-0.2, -0.15) is 0 Å². The lowest BCUT2D eigenvalue weighted by atomic mass is 10.1. The molecule has 4 heteroatoms. The second-order valence-electron chi connectivity index (χ2n) is 9.12. The fraction of sp³-hybridized carbons (Fsp3) is 0. The Kier molecular flexibility index (Phi) is 6.88. The molecule has 0 N–H and O–H groups in total. The van der Waals surface area contributed by atoms with Crippen molar-refractivity contribution in [2.45, 2.75) is 0 Å². The van der Waals surface area contributed by atoms with Crippen molar-refractivity contribution in [3.63, 3.8) is 0 Å². The molecule has 38 heavy (non-hydrogen) atoms. The van der Waals surface area contributed by atoms with Crippen molar-refractivity contribution in [3.05, 3.63) is 155 Å². The molecule has 0 aliphatic heterocycles. The van der Waals surface area contributed by atoms with Crippen LogP contribution in [0.1, 0.15) is 0 Å². The van der Waals surface area contributed by atoms with Gasteiger partial charge in [0.25, 0.3) is 0 Å². The number of rotatable bonds is 6. The molecule has 0 heterocycles. The molecule has 0 radical (unpaired) electrons. The summed E-state index contributed by atoms with van der Waals surface area (Å²) in [6.45, 7) is 0. The SMILES string of the molecule is O=P(c1ccccc1)(c1ccccc1)c1cc2ccccc2cc1N(c1ccccc1)c1ccc(I)cc1. The van der Waals surface area contributed by atoms with E-state index in [-0.39, 0.29) is 0 Å². The number of halogens is 1. The summed E-state index contributed by atoms with van der Waals surface area (Å²) >= 11 is 2.33. The molecule has 0 fully saturated rings. The lowest BCUT2D eigenvalue weighted by Crippen LogP contribution is -2.29. The standard InChI is InChI=1S/C34H25INOP/c35-28-20-22-30(23-21-28)36(29-14-4-1-5-15-29)33-24-26-12-10-11-13-27(26)25-34(33)38(37,31-16-6-2-7-17-31)32-18-8-3-9-19-32/h1-25H. The number of anilines is 3. The zero-order valence-corrected chi connectivity index (χ0v) is 23.7. The van der Waals surface area contributed by atoms with E-state index >= 15 is 4.57 Å². The molecule has 0 atom stereocenters. The van der Waals surface area contributed by atoms with Gasteiger partial charge in [-0.05, 0) is 81.9 Å². The van der Waals surface area contributed by atoms with Crippen LogP contribution in [-0.4, -0.2) is 0 Å². The molecule has 0 aliphatic carbocycles. The third kappa shape index (κ3) is 4.57. The number of benzene rings is 6. The first-order valence-corrected chi connectivity index (χ1v) is 15.3. The van der Waals surface area contributed by atoms with Crippen LogP contribution in [0.15, 0.2) is 152 Å². The highest BCUT2D eigenvalue weighted by Gasteiger charge is 2.34. The maximum absolute atomic E-state index is 15.7. The summed E-state index contributed by atoms with van der Waals surface area (Å²) in [5.74, 6) is 0. The van der Waals surface area contributed by atoms with Gasteiger partial charge in [0.2, 0.25) is 0 Å². The third-order valence-electron chi connectivity index (χ3n) is 6.76. The van der Waals surface area contributed by atoms with Crippen molar-refractivity contribution in [2.75, 3.05) is 4.90 Å². The molecule has 0 spiro atoms. The van der Waals surface area contributed by atoms with Crippen molar-refractivity contribution < 1.29 is 4.57 Å². The minimum Gasteiger partial charge on any atom is -0.310 e. The first-order chi connectivity index (χ1) is 18.6. The summed E-state index contributed by atoms with van der Waals surface area (Å²) in [5.41, 5.74) is 2.94. The van der Waals surface area contributed by atoms with Crippen LogP contribution in [0.3, 0.4) is 0 Å². The Labute approximate surface area is 237 Å². The van der Waals surface area contributed by atoms with Crippen molar-refractivity contribution in [1.82, 2.24) is 0 Å². The molecule has 6 aromatic rings. The van der Waals surface area contributed by atoms with E-state index in [0.29, 0.717) is 0 Å². The molecule has 6 aromatic carbocycles. The lowest BCUT2D eigenvalue weighted by molar-refractivity contribution is 0.592. The van der Waals surface area contributed by atoms with Gasteiger partial charge in [0, 0.05) is 30.9 Å². The molecule has 184 valence electrons. The van der Waals surface area contributed by atoms with E-state index in [1.54, 1.807) is 0 Å². The van der Waals surface area contributed by atoms with E-state index in [1.807, 2.05) is 84.9 Å². The van der Waals surface area contributed by atoms with Crippen molar-refractivity contribution in [3.8, 4) is 0 Å². The van der Waals surface area contributed by atoms with Gasteiger partial charge in [0.1, 0.15) is 0 Å². The van der Waals surface area contributed by atoms with E-state index < -0.39 is 7.14 Å². The molecule has 6 rings (SSSR count). The summed E-state index contributed by atoms with van der Waals surface area (Å²) in [4.78, 5) is 2.23. The van der Waals surface area contributed by atoms with Gasteiger partial charge < -0.3 is 9.46 Å². The van der Waals surface area contributed by atoms with Crippen molar-refractivity contribution >= 4 is 73.5 Å². The minimum absolute atomic E-state index is 0.816. The molecule has 2 nitrogen and oxygen atoms in total. The summed E-state index contributed by atoms with van der Waals surface area (Å²) in [7, 11) is -3.27. The normalized spacial score (nSPS) is 11.4. The predicted molar refractivity (Wildman–Crippen MR) is 171 cm³/mol. The van der Waals surface area contributed by atoms with Crippen LogP contribution in [0.5, 0.6) is 0 Å². The quantitative estimate of drug-likeness (QED) is 0.137. The van der Waals surface area contributed by atoms with E-state index in [0.717, 1.165) is 47.3 Å². The monoisotopic (exact) mass is 621 g/mol. The Morgan fingerprint density at radius 3 is 1.50 bits per heavy atom. The highest BCUT2D eigenvalue weighted by atomic mass is 127. The average Bonchev–Trinajstić information content (AvgIpc) is 2.99. The Morgan fingerprint density at radius 1 is 0.500 bits per heavy atom. The minimum atomic E-state index is -3.27. The van der Waals surface area contributed by atoms with Gasteiger partial charge in [-0.15, -0.1) is 0 Å². The summed E-state index contributed by atoms with van der Waals surface area (Å²) in [5, 5.41) is 4.62. The Hall–Kier alpha value is -3.66. The summed E-state index contributed by atoms with van der Waals surface area (Å²) in [6, 6.07) is 51.2. The van der Waals surface area contributed by atoms with E-state index in [1.165, 1.54) is 0 Å². The fourth-order valence-corrected chi connectivity index (χ4v) is 8.15. The summed E-state index contributed by atoms with van der Waals surface area (Å²) in [6.07, 6.45) is 0. The van der Waals surface area contributed by atoms with Crippen LogP contribution in [0.4, 0.5) is 17.1 Å². The zero-order chi connectivity index (χ0) is 26.0. The zero-order valence-electron chi connectivity index (χ0n) is 20.6. The topological polar surface area (TPSA) is 20.3 Å². The molecular weight excluding hydrogens is 596 g/mol. The maximum atomic E-state index is 15.7. The van der Waals surface area contributed by atoms with Crippen LogP contribution >= 0.6 is 29.7 Å². The molecule has 0 bridgehead atoms. The second-order valence-corrected chi connectivity index (χ2v) is 13.1. The molecule has 0 amide bonds. The Bertz CT molecular complexity index is 1690. The third-order valence-corrected chi connectivity index (χ3v) is 10.6. The van der Waals surface area contributed by atoms with Crippen LogP contribution < -0.4 is 20.8 Å². The molecule has 0 saturated carbocycles. The second kappa shape index (κ2) is 10.6. The largest absolute Gasteiger partial charge is 0.310 e. The molecule has 0 saturated heterocycles. The molecule has 0 unspecified atom stereocenters. The van der Waals surface area contributed by atoms with Gasteiger partial charge >= 0.3 is 0 Å². The smallest absolute Gasteiger partial charge is 0.173 e. The number of fused-ring (bicyclic) bond motifs is 1. The van der Waals surface area contributed by atoms with Crippen LogP contribution in [-0.2, 0) is 4.57 Å². The van der Waals surface area contributed by atoms with E-state index in [4.69, 9.17) is 0 Å². The number of nitrogens with zero attached hydrogens (tertiary/aromatic N) is 1. The predicted octanol–water partition coefficient (Wildman–Crippen LogP) is 8.55. The van der Waals surface area contributed by atoms with Gasteiger partial charge in [-0.3, -0.25) is 0 Å². The summed E-state index contributed by atoms with van der Waals surface area (Å²) < 4.78 is 16.8. The molecule has 0 aromatic heterocycles. The van der Waals surface area contributed by atoms with Gasteiger partial charge in [-0.1, -0.05) is 103 Å². The lowest BCUT2D eigenvalue weighted by Gasteiger charge is -2.31. The maximum Gasteiger partial charge on any atom is 0.173 e. The molecule has 0 aliphatic rings. The van der Waals surface area contributed by atoms with Crippen molar-refractivity contribution in [2.24, 2.45) is 0 Å². The van der Waals surface area contributed by atoms with E-state index in [2.05, 4.69) is 94.2 Å². The number of para-hydroxylation sites is 1. The van der Waals surface area contributed by atoms with Crippen molar-refractivity contribution in [1.29, 1.82) is 0 Å². The number of hydrogen-bond acceptors (Lipinski definition) is 2. The average molecular weight is 621 g/mol. The van der Waals surface area contributed by atoms with E-state index in [9.17, 15) is 0 Å². The first-order valence-electron chi connectivity index (χ1n) is 12.5. The van der Waals surface area contributed by atoms with Gasteiger partial charge in [0.05, 0.1) is 5.69 Å².